The Morgan fingerprint density at radius 3 is 2.81 bits per heavy atom. The smallest absolute Gasteiger partial charge is 0.231 e. The van der Waals surface area contributed by atoms with Gasteiger partial charge in [-0.3, -0.25) is 19.3 Å². The standard InChI is InChI=1S/C20H25N5O2/c1-24-11-15-12-25(20(27)14-6-2-3-7-14)13-17(18(15)23-24)19(26)22-10-16-8-4-5-9-21-16/h4-5,8-9,11,14,17H,2-3,6-7,10,12-13H2,1H3,(H,22,26)/t17-/m1/s1. The van der Waals surface area contributed by atoms with Crippen molar-refractivity contribution in [2.75, 3.05) is 6.54 Å². The SMILES string of the molecule is Cn1cc2c(n1)[C@H](C(=O)NCc1ccccn1)CN(C(=O)C1CCCC1)C2. The molecule has 1 N–H and O–H groups in total. The van der Waals surface area contributed by atoms with Crippen LogP contribution in [0.5, 0.6) is 0 Å². The average molecular weight is 367 g/mol. The van der Waals surface area contributed by atoms with Gasteiger partial charge in [0.25, 0.3) is 0 Å². The lowest BCUT2D eigenvalue weighted by Gasteiger charge is -2.33. The number of hydrogen-bond donors (Lipinski definition) is 1. The third-order valence-electron chi connectivity index (χ3n) is 5.53. The Bertz CT molecular complexity index is 826. The minimum absolute atomic E-state index is 0.107. The number of carbonyl (C=O) groups excluding carboxylic acids is 2. The zero-order chi connectivity index (χ0) is 18.8. The highest BCUT2D eigenvalue weighted by Gasteiger charge is 2.37. The monoisotopic (exact) mass is 367 g/mol. The van der Waals surface area contributed by atoms with E-state index in [2.05, 4.69) is 15.4 Å². The number of fused-ring (bicyclic) bond motifs is 1. The van der Waals surface area contributed by atoms with E-state index in [1.807, 2.05) is 36.3 Å². The van der Waals surface area contributed by atoms with E-state index in [0.29, 0.717) is 19.6 Å². The van der Waals surface area contributed by atoms with Crippen LogP contribution in [0, 0.1) is 5.92 Å². The fourth-order valence-corrected chi connectivity index (χ4v) is 4.16. The van der Waals surface area contributed by atoms with E-state index in [1.54, 1.807) is 10.9 Å². The number of aromatic nitrogens is 3. The quantitative estimate of drug-likeness (QED) is 0.893. The van der Waals surface area contributed by atoms with Crippen LogP contribution >= 0.6 is 0 Å². The van der Waals surface area contributed by atoms with Crippen LogP contribution in [0.2, 0.25) is 0 Å². The van der Waals surface area contributed by atoms with Gasteiger partial charge in [0.15, 0.2) is 0 Å². The number of carbonyl (C=O) groups is 2. The van der Waals surface area contributed by atoms with Crippen molar-refractivity contribution in [3.05, 3.63) is 47.5 Å². The molecule has 27 heavy (non-hydrogen) atoms. The van der Waals surface area contributed by atoms with Crippen LogP contribution in [0.3, 0.4) is 0 Å². The van der Waals surface area contributed by atoms with Crippen molar-refractivity contribution in [2.45, 2.75) is 44.7 Å². The first-order chi connectivity index (χ1) is 13.1. The highest BCUT2D eigenvalue weighted by molar-refractivity contribution is 5.86. The molecule has 7 heteroatoms. The predicted molar refractivity (Wildman–Crippen MR) is 99.4 cm³/mol. The highest BCUT2D eigenvalue weighted by Crippen LogP contribution is 2.32. The number of nitrogens with one attached hydrogen (secondary N) is 1. The molecule has 4 rings (SSSR count). The molecule has 1 saturated carbocycles. The molecule has 7 nitrogen and oxygen atoms in total. The van der Waals surface area contributed by atoms with E-state index >= 15 is 0 Å². The Balaban J connectivity index is 1.51. The van der Waals surface area contributed by atoms with Crippen LogP contribution in [0.4, 0.5) is 0 Å². The average Bonchev–Trinajstić information content (AvgIpc) is 3.34. The van der Waals surface area contributed by atoms with Gasteiger partial charge in [-0.1, -0.05) is 18.9 Å². The summed E-state index contributed by atoms with van der Waals surface area (Å²) in [5.41, 5.74) is 2.56. The van der Waals surface area contributed by atoms with Crippen molar-refractivity contribution in [1.82, 2.24) is 25.0 Å². The summed E-state index contributed by atoms with van der Waals surface area (Å²) in [5.74, 6) is -0.251. The normalized spacial score (nSPS) is 19.7. The summed E-state index contributed by atoms with van der Waals surface area (Å²) in [6.45, 7) is 1.31. The number of rotatable bonds is 4. The lowest BCUT2D eigenvalue weighted by molar-refractivity contribution is -0.137. The van der Waals surface area contributed by atoms with Crippen LogP contribution in [0.25, 0.3) is 0 Å². The Kier molecular flexibility index (Phi) is 4.92. The molecule has 2 aromatic heterocycles. The maximum Gasteiger partial charge on any atom is 0.231 e. The summed E-state index contributed by atoms with van der Waals surface area (Å²) in [4.78, 5) is 31.9. The molecular weight excluding hydrogens is 342 g/mol. The van der Waals surface area contributed by atoms with Gasteiger partial charge in [-0.2, -0.15) is 5.10 Å². The lowest BCUT2D eigenvalue weighted by Crippen LogP contribution is -2.45. The van der Waals surface area contributed by atoms with Crippen molar-refractivity contribution < 1.29 is 9.59 Å². The van der Waals surface area contributed by atoms with Crippen LogP contribution in [-0.4, -0.2) is 38.0 Å². The van der Waals surface area contributed by atoms with E-state index in [1.165, 1.54) is 0 Å². The maximum absolute atomic E-state index is 12.9. The fourth-order valence-electron chi connectivity index (χ4n) is 4.16. The largest absolute Gasteiger partial charge is 0.350 e. The molecule has 0 aromatic carbocycles. The Hall–Kier alpha value is -2.70. The third kappa shape index (κ3) is 3.72. The molecule has 1 aliphatic heterocycles. The van der Waals surface area contributed by atoms with Gasteiger partial charge in [0.05, 0.1) is 23.9 Å². The first-order valence-corrected chi connectivity index (χ1v) is 9.60. The molecule has 1 fully saturated rings. The topological polar surface area (TPSA) is 80.1 Å². The van der Waals surface area contributed by atoms with Gasteiger partial charge in [-0.25, -0.2) is 0 Å². The molecular formula is C20H25N5O2. The van der Waals surface area contributed by atoms with Gasteiger partial charge >= 0.3 is 0 Å². The number of aryl methyl sites for hydroxylation is 1. The van der Waals surface area contributed by atoms with E-state index < -0.39 is 5.92 Å². The first-order valence-electron chi connectivity index (χ1n) is 9.60. The van der Waals surface area contributed by atoms with Gasteiger partial charge < -0.3 is 10.2 Å². The van der Waals surface area contributed by atoms with Crippen molar-refractivity contribution in [3.63, 3.8) is 0 Å². The molecule has 0 spiro atoms. The summed E-state index contributed by atoms with van der Waals surface area (Å²) >= 11 is 0. The van der Waals surface area contributed by atoms with E-state index in [4.69, 9.17) is 0 Å². The molecule has 3 heterocycles. The molecule has 0 radical (unpaired) electrons. The summed E-state index contributed by atoms with van der Waals surface area (Å²) < 4.78 is 1.73. The van der Waals surface area contributed by atoms with Crippen molar-refractivity contribution >= 4 is 11.8 Å². The minimum Gasteiger partial charge on any atom is -0.350 e. The second kappa shape index (κ2) is 7.50. The number of hydrogen-bond acceptors (Lipinski definition) is 4. The summed E-state index contributed by atoms with van der Waals surface area (Å²) in [7, 11) is 1.85. The second-order valence-electron chi connectivity index (χ2n) is 7.50. The van der Waals surface area contributed by atoms with Gasteiger partial charge in [-0.15, -0.1) is 0 Å². The van der Waals surface area contributed by atoms with E-state index in [0.717, 1.165) is 42.6 Å². The Morgan fingerprint density at radius 2 is 2.07 bits per heavy atom. The van der Waals surface area contributed by atoms with Crippen molar-refractivity contribution in [3.8, 4) is 0 Å². The molecule has 0 bridgehead atoms. The van der Waals surface area contributed by atoms with Gasteiger partial charge in [0.1, 0.15) is 0 Å². The molecule has 142 valence electrons. The fraction of sp³-hybridized carbons (Fsp3) is 0.500. The number of pyridine rings is 1. The molecule has 2 aliphatic rings. The van der Waals surface area contributed by atoms with Crippen LogP contribution in [-0.2, 0) is 29.7 Å². The lowest BCUT2D eigenvalue weighted by atomic mass is 9.94. The molecule has 2 aromatic rings. The highest BCUT2D eigenvalue weighted by atomic mass is 16.2. The van der Waals surface area contributed by atoms with Gasteiger partial charge in [0.2, 0.25) is 11.8 Å². The van der Waals surface area contributed by atoms with Crippen LogP contribution < -0.4 is 5.32 Å². The molecule has 1 atom stereocenters. The zero-order valence-corrected chi connectivity index (χ0v) is 15.6. The Morgan fingerprint density at radius 1 is 1.26 bits per heavy atom. The van der Waals surface area contributed by atoms with E-state index in [9.17, 15) is 9.59 Å². The van der Waals surface area contributed by atoms with Crippen LogP contribution in [0.1, 0.15) is 48.6 Å². The van der Waals surface area contributed by atoms with Gasteiger partial charge in [0, 0.05) is 44.0 Å². The third-order valence-corrected chi connectivity index (χ3v) is 5.53. The maximum atomic E-state index is 12.9. The minimum atomic E-state index is -0.441. The number of nitrogens with zero attached hydrogens (tertiary/aromatic N) is 4. The predicted octanol–water partition coefficient (Wildman–Crippen LogP) is 1.75. The molecule has 0 saturated heterocycles. The van der Waals surface area contributed by atoms with Gasteiger partial charge in [-0.05, 0) is 25.0 Å². The number of amides is 2. The van der Waals surface area contributed by atoms with Crippen molar-refractivity contribution in [2.24, 2.45) is 13.0 Å². The van der Waals surface area contributed by atoms with Crippen molar-refractivity contribution in [1.29, 1.82) is 0 Å². The second-order valence-corrected chi connectivity index (χ2v) is 7.50. The molecule has 1 aliphatic carbocycles. The summed E-state index contributed by atoms with van der Waals surface area (Å²) in [6.07, 6.45) is 7.80. The van der Waals surface area contributed by atoms with Crippen LogP contribution in [0.15, 0.2) is 30.6 Å². The Labute approximate surface area is 158 Å². The molecule has 2 amide bonds. The zero-order valence-electron chi connectivity index (χ0n) is 15.6. The first kappa shape index (κ1) is 17.7. The molecule has 0 unspecified atom stereocenters. The summed E-state index contributed by atoms with van der Waals surface area (Å²) in [5, 5.41) is 7.46. The van der Waals surface area contributed by atoms with E-state index in [-0.39, 0.29) is 17.7 Å². The summed E-state index contributed by atoms with van der Waals surface area (Å²) in [6, 6.07) is 5.62.